The maximum atomic E-state index is 11.4. The van der Waals surface area contributed by atoms with E-state index in [4.69, 9.17) is 14.9 Å². The fourth-order valence-electron chi connectivity index (χ4n) is 4.33. The molecule has 2 aliphatic rings. The molecule has 2 N–H and O–H groups in total. The van der Waals surface area contributed by atoms with Gasteiger partial charge in [-0.05, 0) is 29.8 Å². The number of hydrogen-bond acceptors (Lipinski definition) is 7. The number of ether oxygens (including phenoxy) is 1. The second kappa shape index (κ2) is 6.98. The zero-order valence-electron chi connectivity index (χ0n) is 16.5. The van der Waals surface area contributed by atoms with Gasteiger partial charge < -0.3 is 24.7 Å². The van der Waals surface area contributed by atoms with Crippen LogP contribution in [0.5, 0.6) is 10.9 Å². The summed E-state index contributed by atoms with van der Waals surface area (Å²) in [5, 5.41) is 1.62. The zero-order valence-corrected chi connectivity index (χ0v) is 17.3. The first-order chi connectivity index (χ1) is 15.1. The number of nitrogens with two attached hydrogens (primary N) is 1. The Labute approximate surface area is 181 Å². The number of carbonyl (C=O) groups excluding carboxylic acids is 1. The Kier molecular flexibility index (Phi) is 4.10. The van der Waals surface area contributed by atoms with E-state index in [1.807, 2.05) is 30.3 Å². The van der Waals surface area contributed by atoms with Crippen molar-refractivity contribution in [2.75, 3.05) is 19.6 Å². The fraction of sp³-hybridized carbons (Fsp3) is 0.227. The molecule has 6 rings (SSSR count). The van der Waals surface area contributed by atoms with Crippen molar-refractivity contribution in [1.82, 2.24) is 19.8 Å². The number of primary amides is 1. The molecule has 5 heterocycles. The summed E-state index contributed by atoms with van der Waals surface area (Å²) in [6.45, 7) is 2.97. The zero-order chi connectivity index (χ0) is 20.9. The molecule has 1 fully saturated rings. The summed E-state index contributed by atoms with van der Waals surface area (Å²) in [5.74, 6) is 1.05. The molecule has 9 heteroatoms. The van der Waals surface area contributed by atoms with Crippen LogP contribution in [0.25, 0.3) is 21.3 Å². The SMILES string of the molecule is NC(=O)N1CC2=CN(Cc3coc4cc(Oc5nc6ncccc6s5)ccc34)CC2C1. The summed E-state index contributed by atoms with van der Waals surface area (Å²) >= 11 is 1.46. The monoisotopic (exact) mass is 433 g/mol. The van der Waals surface area contributed by atoms with E-state index in [9.17, 15) is 4.79 Å². The molecular weight excluding hydrogens is 414 g/mol. The molecule has 156 valence electrons. The molecule has 0 bridgehead atoms. The minimum atomic E-state index is -0.345. The average molecular weight is 433 g/mol. The van der Waals surface area contributed by atoms with Gasteiger partial charge in [0.05, 0.1) is 11.0 Å². The van der Waals surface area contributed by atoms with Crippen LogP contribution in [0.1, 0.15) is 5.56 Å². The lowest BCUT2D eigenvalue weighted by Crippen LogP contribution is -2.35. The molecule has 31 heavy (non-hydrogen) atoms. The van der Waals surface area contributed by atoms with Gasteiger partial charge in [-0.3, -0.25) is 0 Å². The number of rotatable bonds is 4. The van der Waals surface area contributed by atoms with E-state index in [1.165, 1.54) is 16.9 Å². The van der Waals surface area contributed by atoms with Gasteiger partial charge >= 0.3 is 6.03 Å². The standard InChI is InChI=1S/C22H19N5O3S/c23-21(28)27-10-13-7-26(8-14(13)11-27)9-15-12-29-18-6-16(3-4-17(15)18)30-22-25-20-19(31-22)2-1-5-24-20/h1-7,12,14H,8-11H2,(H2,23,28). The molecule has 4 aromatic rings. The molecule has 0 saturated carbocycles. The van der Waals surface area contributed by atoms with E-state index < -0.39 is 0 Å². The van der Waals surface area contributed by atoms with E-state index in [-0.39, 0.29) is 6.03 Å². The second-order valence-corrected chi connectivity index (χ2v) is 8.87. The Morgan fingerprint density at radius 3 is 3.10 bits per heavy atom. The van der Waals surface area contributed by atoms with Gasteiger partial charge in [0, 0.05) is 61.5 Å². The number of nitrogens with zero attached hydrogens (tertiary/aromatic N) is 4. The second-order valence-electron chi connectivity index (χ2n) is 7.88. The molecule has 1 saturated heterocycles. The number of aromatic nitrogens is 2. The number of amides is 2. The summed E-state index contributed by atoms with van der Waals surface area (Å²) in [5.41, 5.74) is 9.26. The first kappa shape index (κ1) is 18.2. The minimum Gasteiger partial charge on any atom is -0.464 e. The summed E-state index contributed by atoms with van der Waals surface area (Å²) in [6, 6.07) is 9.36. The molecule has 8 nitrogen and oxygen atoms in total. The quantitative estimate of drug-likeness (QED) is 0.524. The Morgan fingerprint density at radius 1 is 1.32 bits per heavy atom. The molecule has 2 amide bonds. The van der Waals surface area contributed by atoms with E-state index in [0.717, 1.165) is 34.3 Å². The van der Waals surface area contributed by atoms with Gasteiger partial charge in [-0.1, -0.05) is 11.3 Å². The Balaban J connectivity index is 1.18. The molecule has 0 spiro atoms. The minimum absolute atomic E-state index is 0.345. The van der Waals surface area contributed by atoms with Crippen LogP contribution in [0.4, 0.5) is 4.79 Å². The lowest BCUT2D eigenvalue weighted by atomic mass is 10.1. The normalized spacial score (nSPS) is 18.1. The van der Waals surface area contributed by atoms with Gasteiger partial charge in [-0.2, -0.15) is 4.98 Å². The van der Waals surface area contributed by atoms with Crippen LogP contribution in [0.15, 0.2) is 59.0 Å². The topological polar surface area (TPSA) is 97.7 Å². The number of urea groups is 1. The number of furan rings is 1. The Bertz CT molecular complexity index is 1310. The van der Waals surface area contributed by atoms with Gasteiger partial charge in [0.2, 0.25) is 0 Å². The Morgan fingerprint density at radius 2 is 2.26 bits per heavy atom. The Hall–Kier alpha value is -3.59. The predicted molar refractivity (Wildman–Crippen MR) is 117 cm³/mol. The van der Waals surface area contributed by atoms with E-state index >= 15 is 0 Å². The van der Waals surface area contributed by atoms with Gasteiger partial charge in [-0.15, -0.1) is 0 Å². The molecule has 0 radical (unpaired) electrons. The molecule has 1 atom stereocenters. The molecule has 1 unspecified atom stereocenters. The maximum Gasteiger partial charge on any atom is 0.315 e. The largest absolute Gasteiger partial charge is 0.464 e. The molecule has 0 aliphatic carbocycles. The lowest BCUT2D eigenvalue weighted by Gasteiger charge is -2.19. The summed E-state index contributed by atoms with van der Waals surface area (Å²) in [4.78, 5) is 24.0. The number of likely N-dealkylation sites (tertiary alicyclic amines) is 1. The summed E-state index contributed by atoms with van der Waals surface area (Å²) in [6.07, 6.45) is 5.68. The van der Waals surface area contributed by atoms with Crippen molar-refractivity contribution >= 4 is 38.7 Å². The van der Waals surface area contributed by atoms with Crippen molar-refractivity contribution in [2.24, 2.45) is 11.7 Å². The maximum absolute atomic E-state index is 11.4. The highest BCUT2D eigenvalue weighted by Crippen LogP contribution is 2.34. The third-order valence-electron chi connectivity index (χ3n) is 5.80. The van der Waals surface area contributed by atoms with Crippen LogP contribution in [0, 0.1) is 5.92 Å². The number of fused-ring (bicyclic) bond motifs is 3. The van der Waals surface area contributed by atoms with Gasteiger partial charge in [0.15, 0.2) is 5.65 Å². The summed E-state index contributed by atoms with van der Waals surface area (Å²) in [7, 11) is 0. The third-order valence-corrected chi connectivity index (χ3v) is 6.69. The van der Waals surface area contributed by atoms with E-state index in [0.29, 0.717) is 35.6 Å². The fourth-order valence-corrected chi connectivity index (χ4v) is 5.12. The van der Waals surface area contributed by atoms with Crippen LogP contribution < -0.4 is 10.5 Å². The smallest absolute Gasteiger partial charge is 0.315 e. The highest BCUT2D eigenvalue weighted by Gasteiger charge is 2.34. The van der Waals surface area contributed by atoms with Gasteiger partial charge in [-0.25, -0.2) is 9.78 Å². The number of hydrogen-bond donors (Lipinski definition) is 1. The van der Waals surface area contributed by atoms with Crippen LogP contribution in [-0.2, 0) is 6.54 Å². The van der Waals surface area contributed by atoms with Crippen LogP contribution in [-0.4, -0.2) is 45.4 Å². The number of benzene rings is 1. The molecule has 3 aromatic heterocycles. The van der Waals surface area contributed by atoms with Crippen molar-refractivity contribution in [3.63, 3.8) is 0 Å². The van der Waals surface area contributed by atoms with E-state index in [2.05, 4.69) is 21.1 Å². The highest BCUT2D eigenvalue weighted by molar-refractivity contribution is 7.20. The molecular formula is C22H19N5O3S. The number of pyridine rings is 1. The average Bonchev–Trinajstić information content (AvgIpc) is 3.50. The first-order valence-corrected chi connectivity index (χ1v) is 10.8. The van der Waals surface area contributed by atoms with Gasteiger partial charge in [0.25, 0.3) is 5.19 Å². The van der Waals surface area contributed by atoms with Crippen molar-refractivity contribution in [3.8, 4) is 10.9 Å². The van der Waals surface area contributed by atoms with Crippen molar-refractivity contribution in [3.05, 3.63) is 60.1 Å². The highest BCUT2D eigenvalue weighted by atomic mass is 32.1. The number of thiazole rings is 1. The van der Waals surface area contributed by atoms with Gasteiger partial charge in [0.1, 0.15) is 11.3 Å². The lowest BCUT2D eigenvalue weighted by molar-refractivity contribution is 0.214. The van der Waals surface area contributed by atoms with Crippen molar-refractivity contribution < 1.29 is 13.9 Å². The third kappa shape index (κ3) is 3.27. The van der Waals surface area contributed by atoms with Crippen molar-refractivity contribution in [1.29, 1.82) is 0 Å². The van der Waals surface area contributed by atoms with Crippen molar-refractivity contribution in [2.45, 2.75) is 6.54 Å². The van der Waals surface area contributed by atoms with Crippen LogP contribution in [0.2, 0.25) is 0 Å². The van der Waals surface area contributed by atoms with Crippen LogP contribution in [0.3, 0.4) is 0 Å². The summed E-state index contributed by atoms with van der Waals surface area (Å²) < 4.78 is 12.7. The van der Waals surface area contributed by atoms with Crippen LogP contribution >= 0.6 is 11.3 Å². The molecule has 1 aromatic carbocycles. The molecule has 2 aliphatic heterocycles. The number of carbonyl (C=O) groups is 1. The van der Waals surface area contributed by atoms with E-state index in [1.54, 1.807) is 17.4 Å². The first-order valence-electron chi connectivity index (χ1n) is 10.0. The predicted octanol–water partition coefficient (Wildman–Crippen LogP) is 3.94.